The Kier molecular flexibility index (Phi) is 5.98. The molecule has 0 spiro atoms. The summed E-state index contributed by atoms with van der Waals surface area (Å²) in [5, 5.41) is 20.3. The lowest BCUT2D eigenvalue weighted by Crippen LogP contribution is -2.39. The standard InChI is InChI=1S/C19H12Cl4O5S/c20-11-7-4-8-14(24)15(11)19(29(26,27)28,10-5-2-1-3-6-10)16-12(21)9-13(22)17(23)18(16)25/h1-9,24-25H,(H,26,27,28). The average Bonchev–Trinajstić information content (AvgIpc) is 2.64. The van der Waals surface area contributed by atoms with E-state index in [0.717, 1.165) is 6.07 Å². The molecule has 152 valence electrons. The minimum Gasteiger partial charge on any atom is -0.508 e. The maximum Gasteiger partial charge on any atom is 0.283 e. The first-order valence-electron chi connectivity index (χ1n) is 7.91. The molecule has 3 N–H and O–H groups in total. The fraction of sp³-hybridized carbons (Fsp3) is 0.0526. The fourth-order valence-corrected chi connectivity index (χ4v) is 5.81. The molecular weight excluding hydrogens is 482 g/mol. The quantitative estimate of drug-likeness (QED) is 0.239. The second-order valence-electron chi connectivity index (χ2n) is 6.03. The van der Waals surface area contributed by atoms with Crippen molar-refractivity contribution in [3.05, 3.63) is 91.4 Å². The van der Waals surface area contributed by atoms with Gasteiger partial charge in [-0.1, -0.05) is 82.8 Å². The number of halogens is 4. The van der Waals surface area contributed by atoms with Crippen LogP contribution in [0.5, 0.6) is 11.5 Å². The number of phenolic OH excluding ortho intramolecular Hbond substituents is 2. The van der Waals surface area contributed by atoms with Crippen LogP contribution in [-0.4, -0.2) is 23.2 Å². The van der Waals surface area contributed by atoms with E-state index in [4.69, 9.17) is 46.4 Å². The molecule has 0 aliphatic rings. The molecule has 0 radical (unpaired) electrons. The molecule has 0 aromatic heterocycles. The van der Waals surface area contributed by atoms with Crippen LogP contribution < -0.4 is 0 Å². The molecule has 3 aromatic rings. The molecule has 0 saturated carbocycles. The Morgan fingerprint density at radius 3 is 1.93 bits per heavy atom. The normalized spacial score (nSPS) is 13.8. The number of aromatic hydroxyl groups is 2. The van der Waals surface area contributed by atoms with Crippen molar-refractivity contribution in [1.29, 1.82) is 0 Å². The van der Waals surface area contributed by atoms with Crippen LogP contribution in [0.15, 0.2) is 54.6 Å². The van der Waals surface area contributed by atoms with Crippen molar-refractivity contribution in [3.8, 4) is 11.5 Å². The van der Waals surface area contributed by atoms with Gasteiger partial charge in [0.05, 0.1) is 10.0 Å². The Labute approximate surface area is 186 Å². The van der Waals surface area contributed by atoms with E-state index >= 15 is 0 Å². The third-order valence-electron chi connectivity index (χ3n) is 4.41. The summed E-state index contributed by atoms with van der Waals surface area (Å²) in [5.41, 5.74) is -0.974. The van der Waals surface area contributed by atoms with Crippen molar-refractivity contribution in [3.63, 3.8) is 0 Å². The van der Waals surface area contributed by atoms with E-state index in [1.165, 1.54) is 42.5 Å². The molecule has 3 aromatic carbocycles. The first-order chi connectivity index (χ1) is 13.5. The Bertz CT molecular complexity index is 1180. The van der Waals surface area contributed by atoms with Crippen molar-refractivity contribution in [2.45, 2.75) is 4.75 Å². The van der Waals surface area contributed by atoms with Gasteiger partial charge in [-0.05, 0) is 23.8 Å². The molecule has 1 unspecified atom stereocenters. The highest BCUT2D eigenvalue weighted by Gasteiger charge is 2.54. The second kappa shape index (κ2) is 7.87. The maximum absolute atomic E-state index is 13.0. The second-order valence-corrected chi connectivity index (χ2v) is 9.20. The van der Waals surface area contributed by atoms with Crippen molar-refractivity contribution < 1.29 is 23.2 Å². The number of rotatable bonds is 4. The van der Waals surface area contributed by atoms with Crippen molar-refractivity contribution in [1.82, 2.24) is 0 Å². The lowest BCUT2D eigenvalue weighted by Gasteiger charge is -2.34. The van der Waals surface area contributed by atoms with Crippen molar-refractivity contribution >= 4 is 56.5 Å². The summed E-state index contributed by atoms with van der Waals surface area (Å²) in [4.78, 5) is 0. The molecule has 0 fully saturated rings. The number of benzene rings is 3. The highest BCUT2D eigenvalue weighted by molar-refractivity contribution is 7.87. The Morgan fingerprint density at radius 2 is 1.38 bits per heavy atom. The van der Waals surface area contributed by atoms with Crippen LogP contribution in [-0.2, 0) is 14.9 Å². The highest BCUT2D eigenvalue weighted by Crippen LogP contribution is 2.55. The topological polar surface area (TPSA) is 94.8 Å². The minimum atomic E-state index is -5.20. The van der Waals surface area contributed by atoms with Crippen LogP contribution in [0.3, 0.4) is 0 Å². The zero-order chi connectivity index (χ0) is 21.6. The van der Waals surface area contributed by atoms with Gasteiger partial charge in [0, 0.05) is 16.1 Å². The summed E-state index contributed by atoms with van der Waals surface area (Å²) in [6, 6.07) is 12.4. The molecule has 3 rings (SSSR count). The Hall–Kier alpha value is -1.67. The molecule has 5 nitrogen and oxygen atoms in total. The molecule has 0 aliphatic heterocycles. The molecule has 0 aliphatic carbocycles. The fourth-order valence-electron chi connectivity index (χ4n) is 3.27. The van der Waals surface area contributed by atoms with Gasteiger partial charge in [-0.15, -0.1) is 0 Å². The molecule has 1 atom stereocenters. The minimum absolute atomic E-state index is 0.0542. The summed E-state index contributed by atoms with van der Waals surface area (Å²) in [6.07, 6.45) is 0. The smallest absolute Gasteiger partial charge is 0.283 e. The predicted octanol–water partition coefficient (Wildman–Crippen LogP) is 5.89. The summed E-state index contributed by atoms with van der Waals surface area (Å²) in [6.45, 7) is 0. The van der Waals surface area contributed by atoms with Gasteiger partial charge >= 0.3 is 0 Å². The van der Waals surface area contributed by atoms with Crippen LogP contribution in [0.1, 0.15) is 16.7 Å². The summed E-state index contributed by atoms with van der Waals surface area (Å²) < 4.78 is 33.9. The van der Waals surface area contributed by atoms with Gasteiger partial charge < -0.3 is 10.2 Å². The highest BCUT2D eigenvalue weighted by atomic mass is 35.5. The summed E-state index contributed by atoms with van der Waals surface area (Å²) >= 11 is 24.6. The Morgan fingerprint density at radius 1 is 0.759 bits per heavy atom. The predicted molar refractivity (Wildman–Crippen MR) is 114 cm³/mol. The van der Waals surface area contributed by atoms with Gasteiger partial charge in [0.1, 0.15) is 16.5 Å². The lowest BCUT2D eigenvalue weighted by atomic mass is 9.82. The van der Waals surface area contributed by atoms with Gasteiger partial charge in [0.15, 0.2) is 4.75 Å². The molecule has 29 heavy (non-hydrogen) atoms. The lowest BCUT2D eigenvalue weighted by molar-refractivity contribution is 0.428. The van der Waals surface area contributed by atoms with Crippen LogP contribution in [0.25, 0.3) is 0 Å². The molecular formula is C19H12Cl4O5S. The maximum atomic E-state index is 13.0. The van der Waals surface area contributed by atoms with E-state index in [1.807, 2.05) is 0 Å². The van der Waals surface area contributed by atoms with Crippen LogP contribution in [0.2, 0.25) is 20.1 Å². The van der Waals surface area contributed by atoms with E-state index in [9.17, 15) is 23.2 Å². The van der Waals surface area contributed by atoms with E-state index in [1.54, 1.807) is 6.07 Å². The van der Waals surface area contributed by atoms with Gasteiger partial charge in [0.25, 0.3) is 10.1 Å². The van der Waals surface area contributed by atoms with E-state index in [2.05, 4.69) is 0 Å². The number of hydrogen-bond acceptors (Lipinski definition) is 4. The molecule has 0 amide bonds. The number of hydrogen-bond donors (Lipinski definition) is 3. The molecule has 0 bridgehead atoms. The summed E-state index contributed by atoms with van der Waals surface area (Å²) in [7, 11) is -5.20. The van der Waals surface area contributed by atoms with Crippen molar-refractivity contribution in [2.24, 2.45) is 0 Å². The third-order valence-corrected chi connectivity index (χ3v) is 7.22. The molecule has 0 saturated heterocycles. The van der Waals surface area contributed by atoms with Crippen LogP contribution >= 0.6 is 46.4 Å². The van der Waals surface area contributed by atoms with E-state index < -0.39 is 37.5 Å². The monoisotopic (exact) mass is 492 g/mol. The number of phenols is 2. The zero-order valence-electron chi connectivity index (χ0n) is 14.3. The Balaban J connectivity index is 2.70. The van der Waals surface area contributed by atoms with E-state index in [0.29, 0.717) is 0 Å². The third kappa shape index (κ3) is 3.44. The molecule has 0 heterocycles. The van der Waals surface area contributed by atoms with Gasteiger partial charge in [-0.2, -0.15) is 8.42 Å². The van der Waals surface area contributed by atoms with Crippen molar-refractivity contribution in [2.75, 3.05) is 0 Å². The largest absolute Gasteiger partial charge is 0.508 e. The zero-order valence-corrected chi connectivity index (χ0v) is 18.1. The van der Waals surface area contributed by atoms with Crippen LogP contribution in [0, 0.1) is 0 Å². The van der Waals surface area contributed by atoms with Gasteiger partial charge in [-0.3, -0.25) is 4.55 Å². The molecule has 10 heteroatoms. The first kappa shape index (κ1) is 22.0. The average molecular weight is 494 g/mol. The van der Waals surface area contributed by atoms with E-state index in [-0.39, 0.29) is 25.7 Å². The van der Waals surface area contributed by atoms with Gasteiger partial charge in [0.2, 0.25) is 0 Å². The summed E-state index contributed by atoms with van der Waals surface area (Å²) in [5.74, 6) is -1.34. The SMILES string of the molecule is O=S(=O)(O)C(c1ccccc1)(c1c(O)cccc1Cl)c1c(Cl)cc(Cl)c(Cl)c1O. The first-order valence-corrected chi connectivity index (χ1v) is 10.9. The van der Waals surface area contributed by atoms with Gasteiger partial charge in [-0.25, -0.2) is 0 Å². The van der Waals surface area contributed by atoms with Crippen LogP contribution in [0.4, 0.5) is 0 Å².